The highest BCUT2D eigenvalue weighted by atomic mass is 32.2. The fourth-order valence-electron chi connectivity index (χ4n) is 4.25. The van der Waals surface area contributed by atoms with Crippen LogP contribution in [0.15, 0.2) is 0 Å². The highest BCUT2D eigenvalue weighted by Gasteiger charge is 2.42. The molecule has 8 heteroatoms. The molecule has 0 aromatic heterocycles. The number of aliphatic carboxylic acids is 1. The average molecular weight is 384 g/mol. The Kier molecular flexibility index (Phi) is 6.45. The lowest BCUT2D eigenvalue weighted by Gasteiger charge is -2.37. The first kappa shape index (κ1) is 19.5. The van der Waals surface area contributed by atoms with Crippen LogP contribution in [0.2, 0.25) is 0 Å². The van der Waals surface area contributed by atoms with E-state index in [9.17, 15) is 19.5 Å². The average Bonchev–Trinajstić information content (AvgIpc) is 3.31. The predicted molar refractivity (Wildman–Crippen MR) is 97.7 cm³/mol. The summed E-state index contributed by atoms with van der Waals surface area (Å²) in [6.45, 7) is 3.71. The highest BCUT2D eigenvalue weighted by Crippen LogP contribution is 2.34. The lowest BCUT2D eigenvalue weighted by atomic mass is 9.84. The molecule has 3 atom stereocenters. The van der Waals surface area contributed by atoms with Gasteiger partial charge in [-0.25, -0.2) is 0 Å². The van der Waals surface area contributed by atoms with Gasteiger partial charge in [0.05, 0.1) is 17.9 Å². The molecular formula is C18H28N2O5S. The lowest BCUT2D eigenvalue weighted by Crippen LogP contribution is -2.52. The first-order valence-corrected chi connectivity index (χ1v) is 10.7. The zero-order valence-corrected chi connectivity index (χ0v) is 16.1. The van der Waals surface area contributed by atoms with Crippen molar-refractivity contribution < 1.29 is 24.2 Å². The second kappa shape index (κ2) is 8.61. The smallest absolute Gasteiger partial charge is 0.309 e. The molecule has 3 rings (SSSR count). The predicted octanol–water partition coefficient (Wildman–Crippen LogP) is 1.42. The molecule has 3 fully saturated rings. The van der Waals surface area contributed by atoms with Crippen LogP contribution in [0.1, 0.15) is 39.0 Å². The monoisotopic (exact) mass is 384 g/mol. The molecule has 3 aliphatic rings. The minimum absolute atomic E-state index is 0.0417. The molecule has 0 bridgehead atoms. The number of amides is 2. The Labute approximate surface area is 158 Å². The van der Waals surface area contributed by atoms with E-state index in [-0.39, 0.29) is 29.9 Å². The third kappa shape index (κ3) is 4.01. The van der Waals surface area contributed by atoms with Crippen molar-refractivity contribution in [2.24, 2.45) is 11.8 Å². The Hall–Kier alpha value is -1.28. The van der Waals surface area contributed by atoms with Crippen LogP contribution >= 0.6 is 11.8 Å². The molecular weight excluding hydrogens is 356 g/mol. The molecule has 146 valence electrons. The molecule has 3 aliphatic heterocycles. The van der Waals surface area contributed by atoms with E-state index in [1.54, 1.807) is 16.7 Å². The van der Waals surface area contributed by atoms with E-state index in [1.165, 1.54) is 0 Å². The summed E-state index contributed by atoms with van der Waals surface area (Å²) < 4.78 is 5.70. The number of carboxylic acids is 1. The Morgan fingerprint density at radius 1 is 1.19 bits per heavy atom. The molecule has 0 radical (unpaired) electrons. The van der Waals surface area contributed by atoms with Gasteiger partial charge >= 0.3 is 5.97 Å². The molecule has 1 N–H and O–H groups in total. The number of carbonyl (C=O) groups is 3. The van der Waals surface area contributed by atoms with Crippen LogP contribution in [0.25, 0.3) is 0 Å². The summed E-state index contributed by atoms with van der Waals surface area (Å²) in [6, 6.07) is -0.343. The molecule has 0 aliphatic carbocycles. The Morgan fingerprint density at radius 2 is 1.92 bits per heavy atom. The second-order valence-corrected chi connectivity index (χ2v) is 8.36. The van der Waals surface area contributed by atoms with E-state index in [2.05, 4.69) is 0 Å². The first-order valence-electron chi connectivity index (χ1n) is 9.53. The third-order valence-electron chi connectivity index (χ3n) is 5.72. The molecule has 2 amide bonds. The Balaban J connectivity index is 1.55. The van der Waals surface area contributed by atoms with Gasteiger partial charge in [-0.1, -0.05) is 6.92 Å². The van der Waals surface area contributed by atoms with Crippen LogP contribution in [0.5, 0.6) is 0 Å². The van der Waals surface area contributed by atoms with E-state index in [4.69, 9.17) is 4.74 Å². The molecule has 3 heterocycles. The molecule has 26 heavy (non-hydrogen) atoms. The number of ether oxygens (including phenoxy) is 1. The van der Waals surface area contributed by atoms with Crippen molar-refractivity contribution in [3.63, 3.8) is 0 Å². The fraction of sp³-hybridized carbons (Fsp3) is 0.833. The number of rotatable bonds is 5. The quantitative estimate of drug-likeness (QED) is 0.771. The van der Waals surface area contributed by atoms with Crippen molar-refractivity contribution in [3.05, 3.63) is 0 Å². The third-order valence-corrected chi connectivity index (χ3v) is 6.73. The van der Waals surface area contributed by atoms with Crippen LogP contribution in [0, 0.1) is 11.8 Å². The van der Waals surface area contributed by atoms with Crippen LogP contribution in [-0.4, -0.2) is 76.2 Å². The highest BCUT2D eigenvalue weighted by molar-refractivity contribution is 7.99. The molecule has 3 saturated heterocycles. The number of hydrogen-bond donors (Lipinski definition) is 1. The fourth-order valence-corrected chi connectivity index (χ4v) is 5.42. The summed E-state index contributed by atoms with van der Waals surface area (Å²) in [7, 11) is 0. The topological polar surface area (TPSA) is 87.2 Å². The van der Waals surface area contributed by atoms with E-state index in [0.717, 1.165) is 19.3 Å². The van der Waals surface area contributed by atoms with Crippen molar-refractivity contribution in [1.29, 1.82) is 0 Å². The minimum atomic E-state index is -0.779. The van der Waals surface area contributed by atoms with E-state index >= 15 is 0 Å². The van der Waals surface area contributed by atoms with Gasteiger partial charge in [-0.15, -0.1) is 11.8 Å². The molecule has 0 aromatic rings. The number of nitrogens with zero attached hydrogens (tertiary/aromatic N) is 2. The maximum Gasteiger partial charge on any atom is 0.309 e. The summed E-state index contributed by atoms with van der Waals surface area (Å²) in [5, 5.41) is 9.34. The second-order valence-electron chi connectivity index (χ2n) is 7.36. The number of thioether (sulfide) groups is 1. The van der Waals surface area contributed by atoms with Gasteiger partial charge in [0.1, 0.15) is 6.04 Å². The van der Waals surface area contributed by atoms with Crippen LogP contribution < -0.4 is 0 Å². The van der Waals surface area contributed by atoms with Crippen molar-refractivity contribution in [2.45, 2.75) is 51.2 Å². The lowest BCUT2D eigenvalue weighted by molar-refractivity contribution is -0.147. The number of hydrogen-bond acceptors (Lipinski definition) is 5. The Morgan fingerprint density at radius 3 is 2.58 bits per heavy atom. The van der Waals surface area contributed by atoms with Gasteiger partial charge in [-0.2, -0.15) is 0 Å². The van der Waals surface area contributed by atoms with Gasteiger partial charge in [0.25, 0.3) is 0 Å². The van der Waals surface area contributed by atoms with Crippen LogP contribution in [0.4, 0.5) is 0 Å². The van der Waals surface area contributed by atoms with Gasteiger partial charge in [-0.3, -0.25) is 14.4 Å². The summed E-state index contributed by atoms with van der Waals surface area (Å²) in [5.74, 6) is 0.366. The SMILES string of the molecule is CCCC(=O)N1CSCC1C(=O)N1CCC([C@@H]2OCCC2C(=O)O)CC1. The largest absolute Gasteiger partial charge is 0.481 e. The maximum atomic E-state index is 12.9. The van der Waals surface area contributed by atoms with Gasteiger partial charge in [-0.05, 0) is 31.6 Å². The normalized spacial score (nSPS) is 30.0. The van der Waals surface area contributed by atoms with Crippen molar-refractivity contribution in [3.8, 4) is 0 Å². The number of likely N-dealkylation sites (tertiary alicyclic amines) is 1. The van der Waals surface area contributed by atoms with Crippen LogP contribution in [-0.2, 0) is 19.1 Å². The van der Waals surface area contributed by atoms with Gasteiger partial charge in [0.15, 0.2) is 0 Å². The van der Waals surface area contributed by atoms with Gasteiger partial charge in [0.2, 0.25) is 11.8 Å². The molecule has 0 saturated carbocycles. The molecule has 0 spiro atoms. The van der Waals surface area contributed by atoms with Crippen molar-refractivity contribution in [2.75, 3.05) is 31.3 Å². The molecule has 0 aromatic carbocycles. The van der Waals surface area contributed by atoms with Crippen molar-refractivity contribution >= 4 is 29.5 Å². The first-order chi connectivity index (χ1) is 12.5. The summed E-state index contributed by atoms with van der Waals surface area (Å²) in [4.78, 5) is 40.1. The van der Waals surface area contributed by atoms with Gasteiger partial charge in [0, 0.05) is 31.9 Å². The molecule has 7 nitrogen and oxygen atoms in total. The standard InChI is InChI=1S/C18H28N2O5S/c1-2-3-15(21)20-11-26-10-14(20)17(22)19-7-4-12(5-8-19)16-13(18(23)24)6-9-25-16/h12-14,16H,2-11H2,1H3,(H,23,24)/t13?,14?,16-/m0/s1. The van der Waals surface area contributed by atoms with Crippen molar-refractivity contribution in [1.82, 2.24) is 9.80 Å². The van der Waals surface area contributed by atoms with E-state index in [0.29, 0.717) is 44.2 Å². The van der Waals surface area contributed by atoms with Crippen LogP contribution in [0.3, 0.4) is 0 Å². The Bertz CT molecular complexity index is 550. The van der Waals surface area contributed by atoms with E-state index < -0.39 is 11.9 Å². The maximum absolute atomic E-state index is 12.9. The number of carboxylic acid groups (broad SMARTS) is 1. The summed E-state index contributed by atoms with van der Waals surface area (Å²) >= 11 is 1.63. The van der Waals surface area contributed by atoms with E-state index in [1.807, 2.05) is 11.8 Å². The summed E-state index contributed by atoms with van der Waals surface area (Å²) in [5.41, 5.74) is 0. The number of carbonyl (C=O) groups excluding carboxylic acids is 2. The zero-order valence-electron chi connectivity index (χ0n) is 15.3. The molecule has 2 unspecified atom stereocenters. The van der Waals surface area contributed by atoms with Gasteiger partial charge < -0.3 is 19.6 Å². The summed E-state index contributed by atoms with van der Waals surface area (Å²) in [6.07, 6.45) is 3.16. The zero-order chi connectivity index (χ0) is 18.7. The number of piperidine rings is 1. The minimum Gasteiger partial charge on any atom is -0.481 e.